The molecule has 0 heterocycles. The molecule has 0 aromatic heterocycles. The van der Waals surface area contributed by atoms with Crippen LogP contribution in [-0.2, 0) is 0 Å². The highest BCUT2D eigenvalue weighted by atomic mass is 14.0. The minimum absolute atomic E-state index is 0.0109. The maximum atomic E-state index is 3.32. The Balaban J connectivity index is 2.20. The van der Waals surface area contributed by atoms with Crippen LogP contribution in [0.1, 0.15) is 43.2 Å². The van der Waals surface area contributed by atoms with Gasteiger partial charge in [-0.15, -0.1) is 5.92 Å². The predicted octanol–water partition coefficient (Wildman–Crippen LogP) is 5.02. The molecular weight excluding hydrogens is 252 g/mol. The number of unbranched alkanes of at least 4 members (excludes halogenated alkanes) is 2. The van der Waals surface area contributed by atoms with Crippen LogP contribution in [0.5, 0.6) is 0 Å². The van der Waals surface area contributed by atoms with Crippen molar-refractivity contribution >= 4 is 0 Å². The first-order chi connectivity index (χ1) is 10.4. The van der Waals surface area contributed by atoms with Gasteiger partial charge in [-0.3, -0.25) is 0 Å². The number of hydrogen-bond donors (Lipinski definition) is 0. The standard InChI is InChI=1S/C21H20/c1-2-3-4-9-16-21(20-14-10-6-11-15-20)18-17-19-12-7-5-8-13-19/h5-8,10-15,21H,2-4H2,1H3. The Labute approximate surface area is 128 Å². The fraction of sp³-hybridized carbons (Fsp3) is 0.238. The zero-order valence-electron chi connectivity index (χ0n) is 12.5. The van der Waals surface area contributed by atoms with E-state index in [1.54, 1.807) is 0 Å². The van der Waals surface area contributed by atoms with Crippen molar-refractivity contribution in [3.05, 3.63) is 71.8 Å². The Kier molecular flexibility index (Phi) is 6.18. The molecule has 104 valence electrons. The van der Waals surface area contributed by atoms with Crippen molar-refractivity contribution in [1.82, 2.24) is 0 Å². The average Bonchev–Trinajstić information content (AvgIpc) is 2.56. The summed E-state index contributed by atoms with van der Waals surface area (Å²) in [5, 5.41) is 0. The van der Waals surface area contributed by atoms with Crippen LogP contribution < -0.4 is 0 Å². The van der Waals surface area contributed by atoms with E-state index in [1.807, 2.05) is 48.5 Å². The maximum Gasteiger partial charge on any atom is 0.106 e. The van der Waals surface area contributed by atoms with Crippen LogP contribution in [0.15, 0.2) is 60.7 Å². The van der Waals surface area contributed by atoms with Gasteiger partial charge in [0.2, 0.25) is 0 Å². The van der Waals surface area contributed by atoms with E-state index in [-0.39, 0.29) is 5.92 Å². The molecule has 0 saturated carbocycles. The second-order valence-electron chi connectivity index (χ2n) is 4.90. The molecule has 0 radical (unpaired) electrons. The second kappa shape index (κ2) is 8.68. The Morgan fingerprint density at radius 2 is 1.52 bits per heavy atom. The lowest BCUT2D eigenvalue weighted by molar-refractivity contribution is 0.827. The van der Waals surface area contributed by atoms with E-state index < -0.39 is 0 Å². The van der Waals surface area contributed by atoms with Gasteiger partial charge in [-0.1, -0.05) is 79.6 Å². The molecule has 1 unspecified atom stereocenters. The molecule has 21 heavy (non-hydrogen) atoms. The van der Waals surface area contributed by atoms with Gasteiger partial charge >= 0.3 is 0 Å². The Bertz CT molecular complexity index is 645. The van der Waals surface area contributed by atoms with Crippen molar-refractivity contribution in [2.75, 3.05) is 0 Å². The van der Waals surface area contributed by atoms with Crippen molar-refractivity contribution in [1.29, 1.82) is 0 Å². The Hall–Kier alpha value is -2.44. The van der Waals surface area contributed by atoms with Crippen LogP contribution in [0, 0.1) is 23.7 Å². The van der Waals surface area contributed by atoms with Gasteiger partial charge in [-0.25, -0.2) is 0 Å². The third kappa shape index (κ3) is 5.21. The summed E-state index contributed by atoms with van der Waals surface area (Å²) in [6.45, 7) is 2.19. The zero-order valence-corrected chi connectivity index (χ0v) is 12.5. The molecule has 0 bridgehead atoms. The molecule has 0 nitrogen and oxygen atoms in total. The minimum Gasteiger partial charge on any atom is -0.102 e. The molecule has 2 rings (SSSR count). The van der Waals surface area contributed by atoms with E-state index in [9.17, 15) is 0 Å². The molecular formula is C21H20. The highest BCUT2D eigenvalue weighted by molar-refractivity contribution is 5.42. The summed E-state index contributed by atoms with van der Waals surface area (Å²) >= 11 is 0. The second-order valence-corrected chi connectivity index (χ2v) is 4.90. The van der Waals surface area contributed by atoms with Gasteiger partial charge in [0.1, 0.15) is 5.92 Å². The molecule has 0 spiro atoms. The van der Waals surface area contributed by atoms with Gasteiger partial charge in [0.25, 0.3) is 0 Å². The van der Waals surface area contributed by atoms with Crippen molar-refractivity contribution < 1.29 is 0 Å². The molecule has 0 amide bonds. The first-order valence-electron chi connectivity index (χ1n) is 7.50. The van der Waals surface area contributed by atoms with Crippen molar-refractivity contribution in [2.45, 2.75) is 32.1 Å². The van der Waals surface area contributed by atoms with E-state index in [0.717, 1.165) is 18.4 Å². The third-order valence-corrected chi connectivity index (χ3v) is 3.17. The van der Waals surface area contributed by atoms with Gasteiger partial charge in [-0.2, -0.15) is 0 Å². The summed E-state index contributed by atoms with van der Waals surface area (Å²) in [6, 6.07) is 20.4. The molecule has 0 saturated heterocycles. The lowest BCUT2D eigenvalue weighted by atomic mass is 9.99. The third-order valence-electron chi connectivity index (χ3n) is 3.17. The molecule has 2 aromatic rings. The van der Waals surface area contributed by atoms with Crippen LogP contribution in [0.3, 0.4) is 0 Å². The molecule has 0 heteroatoms. The summed E-state index contributed by atoms with van der Waals surface area (Å²) in [7, 11) is 0. The SMILES string of the molecule is CCCCC#CC(C#Cc1ccccc1)c1ccccc1. The molecule has 1 atom stereocenters. The monoisotopic (exact) mass is 272 g/mol. The number of benzene rings is 2. The lowest BCUT2D eigenvalue weighted by Crippen LogP contribution is -1.92. The zero-order chi connectivity index (χ0) is 14.8. The summed E-state index contributed by atoms with van der Waals surface area (Å²) in [5.74, 6) is 13.1. The topological polar surface area (TPSA) is 0 Å². The fourth-order valence-corrected chi connectivity index (χ4v) is 1.96. The van der Waals surface area contributed by atoms with Crippen LogP contribution in [-0.4, -0.2) is 0 Å². The fourth-order valence-electron chi connectivity index (χ4n) is 1.96. The Morgan fingerprint density at radius 3 is 2.19 bits per heavy atom. The largest absolute Gasteiger partial charge is 0.106 e. The smallest absolute Gasteiger partial charge is 0.102 e. The first-order valence-corrected chi connectivity index (χ1v) is 7.50. The highest BCUT2D eigenvalue weighted by Crippen LogP contribution is 2.14. The summed E-state index contributed by atoms with van der Waals surface area (Å²) in [6.07, 6.45) is 3.29. The summed E-state index contributed by atoms with van der Waals surface area (Å²) in [4.78, 5) is 0. The molecule has 0 aliphatic carbocycles. The normalized spacial score (nSPS) is 10.7. The van der Waals surface area contributed by atoms with Gasteiger partial charge in [-0.05, 0) is 24.1 Å². The van der Waals surface area contributed by atoms with Crippen LogP contribution >= 0.6 is 0 Å². The van der Waals surface area contributed by atoms with Gasteiger partial charge in [0.05, 0.1) is 0 Å². The van der Waals surface area contributed by atoms with E-state index in [2.05, 4.69) is 42.7 Å². The lowest BCUT2D eigenvalue weighted by Gasteiger charge is -2.03. The van der Waals surface area contributed by atoms with E-state index >= 15 is 0 Å². The number of rotatable bonds is 3. The van der Waals surface area contributed by atoms with E-state index in [1.165, 1.54) is 12.0 Å². The van der Waals surface area contributed by atoms with Crippen molar-refractivity contribution in [3.8, 4) is 23.7 Å². The molecule has 0 fully saturated rings. The molecule has 2 aromatic carbocycles. The van der Waals surface area contributed by atoms with Crippen LogP contribution in [0.4, 0.5) is 0 Å². The van der Waals surface area contributed by atoms with E-state index in [0.29, 0.717) is 0 Å². The molecule has 0 aliphatic heterocycles. The number of hydrogen-bond acceptors (Lipinski definition) is 0. The Morgan fingerprint density at radius 1 is 0.857 bits per heavy atom. The van der Waals surface area contributed by atoms with Crippen LogP contribution in [0.2, 0.25) is 0 Å². The predicted molar refractivity (Wildman–Crippen MR) is 89.8 cm³/mol. The van der Waals surface area contributed by atoms with Gasteiger partial charge in [0, 0.05) is 12.0 Å². The first kappa shape index (κ1) is 15.0. The highest BCUT2D eigenvalue weighted by Gasteiger charge is 2.03. The van der Waals surface area contributed by atoms with Gasteiger partial charge < -0.3 is 0 Å². The average molecular weight is 272 g/mol. The summed E-state index contributed by atoms with van der Waals surface area (Å²) < 4.78 is 0. The van der Waals surface area contributed by atoms with E-state index in [4.69, 9.17) is 0 Å². The van der Waals surface area contributed by atoms with Gasteiger partial charge in [0.15, 0.2) is 0 Å². The quantitative estimate of drug-likeness (QED) is 0.544. The van der Waals surface area contributed by atoms with Crippen LogP contribution in [0.25, 0.3) is 0 Å². The van der Waals surface area contributed by atoms with Crippen molar-refractivity contribution in [3.63, 3.8) is 0 Å². The van der Waals surface area contributed by atoms with Crippen molar-refractivity contribution in [2.24, 2.45) is 0 Å². The summed E-state index contributed by atoms with van der Waals surface area (Å²) in [5.41, 5.74) is 2.21. The minimum atomic E-state index is -0.0109. The molecule has 0 N–H and O–H groups in total. The maximum absolute atomic E-state index is 3.32. The molecule has 0 aliphatic rings.